The van der Waals surface area contributed by atoms with Crippen molar-refractivity contribution in [3.05, 3.63) is 57.6 Å². The molecule has 0 aliphatic carbocycles. The van der Waals surface area contributed by atoms with Crippen molar-refractivity contribution in [1.29, 1.82) is 0 Å². The Hall–Kier alpha value is -2.98. The van der Waals surface area contributed by atoms with E-state index >= 15 is 0 Å². The lowest BCUT2D eigenvalue weighted by atomic mass is 10.1. The molecule has 10 heteroatoms. The second-order valence-corrected chi connectivity index (χ2v) is 9.03. The van der Waals surface area contributed by atoms with Gasteiger partial charge in [0, 0.05) is 17.2 Å². The van der Waals surface area contributed by atoms with E-state index in [0.29, 0.717) is 5.56 Å². The summed E-state index contributed by atoms with van der Waals surface area (Å²) in [6.07, 6.45) is 0. The van der Waals surface area contributed by atoms with Crippen LogP contribution in [-0.2, 0) is 10.0 Å². The topological polar surface area (TPSA) is 128 Å². The number of amides is 1. The standard InChI is InChI=1S/C19H23N3O6S/c1-12-14(7-6-8-15(12)22(24)25)20-18(23)13-9-10-16(28-5)17(11-13)29(26,27)21-19(2,3)4/h6-11,21H,1-5H3,(H,20,23). The Morgan fingerprint density at radius 1 is 1.17 bits per heavy atom. The van der Waals surface area contributed by atoms with E-state index in [1.807, 2.05) is 0 Å². The summed E-state index contributed by atoms with van der Waals surface area (Å²) in [6.45, 7) is 6.60. The second-order valence-electron chi connectivity index (χ2n) is 7.38. The second kappa shape index (κ2) is 8.18. The van der Waals surface area contributed by atoms with Crippen LogP contribution < -0.4 is 14.8 Å². The predicted molar refractivity (Wildman–Crippen MR) is 109 cm³/mol. The van der Waals surface area contributed by atoms with E-state index in [1.54, 1.807) is 20.8 Å². The van der Waals surface area contributed by atoms with Gasteiger partial charge in [0.1, 0.15) is 10.6 Å². The summed E-state index contributed by atoms with van der Waals surface area (Å²) in [7, 11) is -2.63. The number of benzene rings is 2. The van der Waals surface area contributed by atoms with Crippen LogP contribution >= 0.6 is 0 Å². The molecule has 0 saturated carbocycles. The number of nitro groups is 1. The monoisotopic (exact) mass is 421 g/mol. The van der Waals surface area contributed by atoms with Crippen molar-refractivity contribution >= 4 is 27.3 Å². The maximum Gasteiger partial charge on any atom is 0.274 e. The van der Waals surface area contributed by atoms with Gasteiger partial charge in [-0.3, -0.25) is 14.9 Å². The summed E-state index contributed by atoms with van der Waals surface area (Å²) in [4.78, 5) is 23.0. The first-order chi connectivity index (χ1) is 13.4. The lowest BCUT2D eigenvalue weighted by molar-refractivity contribution is -0.385. The third-order valence-corrected chi connectivity index (χ3v) is 5.69. The van der Waals surface area contributed by atoms with Crippen LogP contribution in [-0.4, -0.2) is 31.9 Å². The van der Waals surface area contributed by atoms with Crippen molar-refractivity contribution in [3.63, 3.8) is 0 Å². The van der Waals surface area contributed by atoms with Gasteiger partial charge in [0.2, 0.25) is 10.0 Å². The molecular weight excluding hydrogens is 398 g/mol. The fourth-order valence-electron chi connectivity index (χ4n) is 2.64. The van der Waals surface area contributed by atoms with Gasteiger partial charge in [-0.05, 0) is 52.0 Å². The Balaban J connectivity index is 2.43. The third kappa shape index (κ3) is 5.30. The van der Waals surface area contributed by atoms with Crippen molar-refractivity contribution < 1.29 is 22.9 Å². The van der Waals surface area contributed by atoms with Crippen molar-refractivity contribution in [3.8, 4) is 5.75 Å². The molecule has 0 aromatic heterocycles. The number of carbonyl (C=O) groups excluding carboxylic acids is 1. The highest BCUT2D eigenvalue weighted by Gasteiger charge is 2.26. The molecule has 0 heterocycles. The molecular formula is C19H23N3O6S. The van der Waals surface area contributed by atoms with Crippen LogP contribution in [0.5, 0.6) is 5.75 Å². The van der Waals surface area contributed by atoms with E-state index in [2.05, 4.69) is 10.0 Å². The van der Waals surface area contributed by atoms with Gasteiger partial charge >= 0.3 is 0 Å². The molecule has 0 radical (unpaired) electrons. The molecule has 1 amide bonds. The van der Waals surface area contributed by atoms with E-state index < -0.39 is 26.4 Å². The van der Waals surface area contributed by atoms with Gasteiger partial charge < -0.3 is 10.1 Å². The summed E-state index contributed by atoms with van der Waals surface area (Å²) in [5, 5.41) is 13.7. The zero-order valence-corrected chi connectivity index (χ0v) is 17.6. The number of rotatable bonds is 6. The summed E-state index contributed by atoms with van der Waals surface area (Å²) in [6, 6.07) is 8.32. The molecule has 2 aromatic rings. The number of nitro benzene ring substituents is 1. The average Bonchev–Trinajstić information content (AvgIpc) is 2.60. The highest BCUT2D eigenvalue weighted by Crippen LogP contribution is 2.28. The van der Waals surface area contributed by atoms with Gasteiger partial charge in [0.25, 0.3) is 11.6 Å². The van der Waals surface area contributed by atoms with Crippen LogP contribution in [0.2, 0.25) is 0 Å². The highest BCUT2D eigenvalue weighted by molar-refractivity contribution is 7.89. The van der Waals surface area contributed by atoms with Crippen LogP contribution in [0.1, 0.15) is 36.7 Å². The Kier molecular flexibility index (Phi) is 6.29. The molecule has 156 valence electrons. The van der Waals surface area contributed by atoms with Crippen LogP contribution in [0.25, 0.3) is 0 Å². The molecule has 2 rings (SSSR count). The number of carbonyl (C=O) groups is 1. The number of nitrogens with one attached hydrogen (secondary N) is 2. The Labute approximate surface area is 169 Å². The SMILES string of the molecule is COc1ccc(C(=O)Nc2cccc([N+](=O)[O-])c2C)cc1S(=O)(=O)NC(C)(C)C. The van der Waals surface area contributed by atoms with Crippen LogP contribution in [0, 0.1) is 17.0 Å². The fourth-order valence-corrected chi connectivity index (χ4v) is 4.25. The van der Waals surface area contributed by atoms with E-state index in [1.165, 1.54) is 50.4 Å². The van der Waals surface area contributed by atoms with E-state index in [-0.39, 0.29) is 27.6 Å². The normalized spacial score (nSPS) is 11.8. The van der Waals surface area contributed by atoms with Crippen LogP contribution in [0.4, 0.5) is 11.4 Å². The maximum absolute atomic E-state index is 12.7. The Bertz CT molecular complexity index is 1060. The largest absolute Gasteiger partial charge is 0.495 e. The Morgan fingerprint density at radius 2 is 1.83 bits per heavy atom. The van der Waals surface area contributed by atoms with Crippen molar-refractivity contribution in [2.24, 2.45) is 0 Å². The molecule has 0 fully saturated rings. The minimum absolute atomic E-state index is 0.0611. The van der Waals surface area contributed by atoms with Gasteiger partial charge in [-0.2, -0.15) is 0 Å². The zero-order chi connectivity index (χ0) is 22.0. The number of anilines is 1. The van der Waals surface area contributed by atoms with Gasteiger partial charge in [-0.15, -0.1) is 0 Å². The molecule has 0 unspecified atom stereocenters. The molecule has 0 aliphatic heterocycles. The number of nitrogens with zero attached hydrogens (tertiary/aromatic N) is 1. The average molecular weight is 421 g/mol. The van der Waals surface area contributed by atoms with Gasteiger partial charge in [-0.25, -0.2) is 13.1 Å². The van der Waals surface area contributed by atoms with Gasteiger partial charge in [0.05, 0.1) is 23.3 Å². The summed E-state index contributed by atoms with van der Waals surface area (Å²) < 4.78 is 33.1. The first-order valence-corrected chi connectivity index (χ1v) is 10.1. The zero-order valence-electron chi connectivity index (χ0n) is 16.8. The number of methoxy groups -OCH3 is 1. The molecule has 0 bridgehead atoms. The first-order valence-electron chi connectivity index (χ1n) is 8.63. The molecule has 0 aliphatic rings. The smallest absolute Gasteiger partial charge is 0.274 e. The summed E-state index contributed by atoms with van der Waals surface area (Å²) >= 11 is 0. The maximum atomic E-state index is 12.7. The van der Waals surface area contributed by atoms with Crippen molar-refractivity contribution in [2.45, 2.75) is 38.1 Å². The lowest BCUT2D eigenvalue weighted by Crippen LogP contribution is -2.40. The number of sulfonamides is 1. The number of hydrogen-bond acceptors (Lipinski definition) is 6. The molecule has 0 spiro atoms. The molecule has 0 atom stereocenters. The highest BCUT2D eigenvalue weighted by atomic mass is 32.2. The third-order valence-electron chi connectivity index (χ3n) is 3.91. The minimum atomic E-state index is -3.96. The molecule has 0 saturated heterocycles. The van der Waals surface area contributed by atoms with Gasteiger partial charge in [-0.1, -0.05) is 6.07 Å². The van der Waals surface area contributed by atoms with Crippen LogP contribution in [0.3, 0.4) is 0 Å². The van der Waals surface area contributed by atoms with Crippen molar-refractivity contribution in [1.82, 2.24) is 4.72 Å². The van der Waals surface area contributed by atoms with Crippen molar-refractivity contribution in [2.75, 3.05) is 12.4 Å². The summed E-state index contributed by atoms with van der Waals surface area (Å²) in [5.74, 6) is -0.520. The quantitative estimate of drug-likeness (QED) is 0.544. The van der Waals surface area contributed by atoms with E-state index in [0.717, 1.165) is 0 Å². The number of ether oxygens (including phenoxy) is 1. The summed E-state index contributed by atoms with van der Waals surface area (Å²) in [5.41, 5.74) is -0.248. The lowest BCUT2D eigenvalue weighted by Gasteiger charge is -2.21. The first kappa shape index (κ1) is 22.3. The van der Waals surface area contributed by atoms with Crippen LogP contribution in [0.15, 0.2) is 41.3 Å². The predicted octanol–water partition coefficient (Wildman–Crippen LogP) is 3.24. The minimum Gasteiger partial charge on any atom is -0.495 e. The van der Waals surface area contributed by atoms with E-state index in [4.69, 9.17) is 4.74 Å². The Morgan fingerprint density at radius 3 is 2.38 bits per heavy atom. The molecule has 9 nitrogen and oxygen atoms in total. The number of hydrogen-bond donors (Lipinski definition) is 2. The molecule has 2 aromatic carbocycles. The fraction of sp³-hybridized carbons (Fsp3) is 0.316. The molecule has 29 heavy (non-hydrogen) atoms. The van der Waals surface area contributed by atoms with E-state index in [9.17, 15) is 23.3 Å². The molecule has 2 N–H and O–H groups in total. The van der Waals surface area contributed by atoms with Gasteiger partial charge in [0.15, 0.2) is 0 Å².